The molecular weight excluding hydrogens is 167 g/mol. The molecule has 0 unspecified atom stereocenters. The van der Waals surface area contributed by atoms with E-state index in [1.807, 2.05) is 19.1 Å². The minimum absolute atomic E-state index is 0.194. The maximum absolute atomic E-state index is 12.3. The lowest BCUT2D eigenvalue weighted by Gasteiger charge is -2.06. The second-order valence-electron chi connectivity index (χ2n) is 3.22. The third kappa shape index (κ3) is 2.81. The first-order chi connectivity index (χ1) is 6.27. The summed E-state index contributed by atoms with van der Waals surface area (Å²) in [4.78, 5) is 0. The third-order valence-electron chi connectivity index (χ3n) is 2.17. The Bertz CT molecular complexity index is 271. The molecule has 0 radical (unpaired) electrons. The maximum atomic E-state index is 12.3. The van der Waals surface area contributed by atoms with Crippen LogP contribution in [0.15, 0.2) is 18.2 Å². The van der Waals surface area contributed by atoms with E-state index in [-0.39, 0.29) is 6.61 Å². The van der Waals surface area contributed by atoms with Gasteiger partial charge in [-0.2, -0.15) is 0 Å². The predicted molar refractivity (Wildman–Crippen MR) is 51.4 cm³/mol. The van der Waals surface area contributed by atoms with Crippen molar-refractivity contribution in [2.24, 2.45) is 0 Å². The summed E-state index contributed by atoms with van der Waals surface area (Å²) in [5.74, 6) is 0. The van der Waals surface area contributed by atoms with Crippen LogP contribution in [0, 0.1) is 6.92 Å². The van der Waals surface area contributed by atoms with Gasteiger partial charge in [0.05, 0.1) is 0 Å². The van der Waals surface area contributed by atoms with Crippen LogP contribution in [0.5, 0.6) is 0 Å². The molecule has 13 heavy (non-hydrogen) atoms. The van der Waals surface area contributed by atoms with Crippen LogP contribution >= 0.6 is 0 Å². The Morgan fingerprint density at radius 1 is 1.38 bits per heavy atom. The highest BCUT2D eigenvalue weighted by atomic mass is 19.1. The summed E-state index contributed by atoms with van der Waals surface area (Å²) in [6.45, 7) is 1.79. The first-order valence-electron chi connectivity index (χ1n) is 4.53. The molecule has 1 aromatic rings. The molecular formula is C11H15FO. The lowest BCUT2D eigenvalue weighted by molar-refractivity contribution is 0.288. The molecule has 0 aliphatic carbocycles. The highest BCUT2D eigenvalue weighted by Gasteiger charge is 1.99. The molecule has 1 N–H and O–H groups in total. The molecule has 72 valence electrons. The fourth-order valence-electron chi connectivity index (χ4n) is 1.35. The largest absolute Gasteiger partial charge is 0.396 e. The smallest absolute Gasteiger partial charge is 0.115 e. The topological polar surface area (TPSA) is 20.2 Å². The number of aryl methyl sites for hydroxylation is 2. The van der Waals surface area contributed by atoms with Gasteiger partial charge in [-0.05, 0) is 36.5 Å². The van der Waals surface area contributed by atoms with Gasteiger partial charge in [0.2, 0.25) is 0 Å². The van der Waals surface area contributed by atoms with E-state index >= 15 is 0 Å². The summed E-state index contributed by atoms with van der Waals surface area (Å²) in [6.07, 6.45) is 1.58. The molecule has 2 heteroatoms. The van der Waals surface area contributed by atoms with Gasteiger partial charge in [0.1, 0.15) is 6.67 Å². The van der Waals surface area contributed by atoms with Gasteiger partial charge < -0.3 is 5.11 Å². The highest BCUT2D eigenvalue weighted by Crippen LogP contribution is 2.13. The number of hydrogen-bond acceptors (Lipinski definition) is 1. The standard InChI is InChI=1S/C11H15FO/c1-9-4-5-10(8-12)7-11(9)3-2-6-13/h4-5,7,13H,2-3,6,8H2,1H3. The van der Waals surface area contributed by atoms with E-state index in [1.165, 1.54) is 5.56 Å². The highest BCUT2D eigenvalue weighted by molar-refractivity contribution is 5.30. The van der Waals surface area contributed by atoms with Gasteiger partial charge >= 0.3 is 0 Å². The van der Waals surface area contributed by atoms with Crippen LogP contribution in [-0.4, -0.2) is 11.7 Å². The number of rotatable bonds is 4. The molecule has 0 aliphatic rings. The number of hydrogen-bond donors (Lipinski definition) is 1. The molecule has 0 aliphatic heterocycles. The van der Waals surface area contributed by atoms with E-state index in [9.17, 15) is 4.39 Å². The van der Waals surface area contributed by atoms with Crippen molar-refractivity contribution >= 4 is 0 Å². The van der Waals surface area contributed by atoms with E-state index in [0.29, 0.717) is 0 Å². The first-order valence-corrected chi connectivity index (χ1v) is 4.53. The minimum Gasteiger partial charge on any atom is -0.396 e. The lowest BCUT2D eigenvalue weighted by Crippen LogP contribution is -1.94. The van der Waals surface area contributed by atoms with Crippen molar-refractivity contribution in [3.63, 3.8) is 0 Å². The Hall–Kier alpha value is -0.890. The third-order valence-corrected chi connectivity index (χ3v) is 2.17. The minimum atomic E-state index is -0.410. The van der Waals surface area contributed by atoms with Crippen LogP contribution in [0.25, 0.3) is 0 Å². The molecule has 0 saturated heterocycles. The summed E-state index contributed by atoms with van der Waals surface area (Å²) >= 11 is 0. The SMILES string of the molecule is Cc1ccc(CF)cc1CCCO. The number of alkyl halides is 1. The molecule has 1 nitrogen and oxygen atoms in total. The van der Waals surface area contributed by atoms with Crippen molar-refractivity contribution in [1.29, 1.82) is 0 Å². The Labute approximate surface area is 78.2 Å². The first kappa shape index (κ1) is 10.2. The van der Waals surface area contributed by atoms with Crippen LogP contribution in [0.3, 0.4) is 0 Å². The van der Waals surface area contributed by atoms with Gasteiger partial charge in [-0.3, -0.25) is 0 Å². The molecule has 0 spiro atoms. The van der Waals surface area contributed by atoms with E-state index in [1.54, 1.807) is 6.07 Å². The quantitative estimate of drug-likeness (QED) is 0.758. The molecule has 0 fully saturated rings. The van der Waals surface area contributed by atoms with E-state index < -0.39 is 6.67 Å². The van der Waals surface area contributed by atoms with Crippen LogP contribution < -0.4 is 0 Å². The van der Waals surface area contributed by atoms with Crippen molar-refractivity contribution in [3.05, 3.63) is 34.9 Å². The van der Waals surface area contributed by atoms with Crippen molar-refractivity contribution in [1.82, 2.24) is 0 Å². The second kappa shape index (κ2) is 4.97. The molecule has 0 atom stereocenters. The summed E-state index contributed by atoms with van der Waals surface area (Å²) in [6, 6.07) is 5.62. The number of benzene rings is 1. The monoisotopic (exact) mass is 182 g/mol. The van der Waals surface area contributed by atoms with Crippen LogP contribution in [0.4, 0.5) is 4.39 Å². The summed E-state index contributed by atoms with van der Waals surface area (Å²) < 4.78 is 12.3. The zero-order valence-electron chi connectivity index (χ0n) is 7.89. The van der Waals surface area contributed by atoms with Crippen molar-refractivity contribution < 1.29 is 9.50 Å². The average molecular weight is 182 g/mol. The number of aliphatic hydroxyl groups excluding tert-OH is 1. The summed E-state index contributed by atoms with van der Waals surface area (Å²) in [5, 5.41) is 8.67. The van der Waals surface area contributed by atoms with Gasteiger partial charge in [0.25, 0.3) is 0 Å². The molecule has 0 amide bonds. The van der Waals surface area contributed by atoms with Gasteiger partial charge in [-0.25, -0.2) is 4.39 Å². The molecule has 0 saturated carbocycles. The average Bonchev–Trinajstić information content (AvgIpc) is 2.17. The van der Waals surface area contributed by atoms with Gasteiger partial charge in [-0.1, -0.05) is 18.2 Å². The normalized spacial score (nSPS) is 10.4. The Kier molecular flexibility index (Phi) is 3.90. The Morgan fingerprint density at radius 3 is 2.77 bits per heavy atom. The van der Waals surface area contributed by atoms with Crippen molar-refractivity contribution in [2.45, 2.75) is 26.4 Å². The summed E-state index contributed by atoms with van der Waals surface area (Å²) in [5.41, 5.74) is 3.04. The van der Waals surface area contributed by atoms with Gasteiger partial charge in [0.15, 0.2) is 0 Å². The molecule has 0 bridgehead atoms. The van der Waals surface area contributed by atoms with E-state index in [0.717, 1.165) is 24.0 Å². The van der Waals surface area contributed by atoms with Crippen LogP contribution in [-0.2, 0) is 13.1 Å². The Morgan fingerprint density at radius 2 is 2.15 bits per heavy atom. The fourth-order valence-corrected chi connectivity index (χ4v) is 1.35. The zero-order valence-corrected chi connectivity index (χ0v) is 7.89. The van der Waals surface area contributed by atoms with E-state index in [2.05, 4.69) is 0 Å². The van der Waals surface area contributed by atoms with Crippen molar-refractivity contribution in [2.75, 3.05) is 6.61 Å². The summed E-state index contributed by atoms with van der Waals surface area (Å²) in [7, 11) is 0. The van der Waals surface area contributed by atoms with E-state index in [4.69, 9.17) is 5.11 Å². The lowest BCUT2D eigenvalue weighted by atomic mass is 10.0. The zero-order chi connectivity index (χ0) is 9.68. The van der Waals surface area contributed by atoms with Gasteiger partial charge in [0, 0.05) is 6.61 Å². The van der Waals surface area contributed by atoms with Gasteiger partial charge in [-0.15, -0.1) is 0 Å². The maximum Gasteiger partial charge on any atom is 0.115 e. The van der Waals surface area contributed by atoms with Crippen LogP contribution in [0.1, 0.15) is 23.1 Å². The predicted octanol–water partition coefficient (Wildman–Crippen LogP) is 2.39. The fraction of sp³-hybridized carbons (Fsp3) is 0.455. The van der Waals surface area contributed by atoms with Crippen LogP contribution in [0.2, 0.25) is 0 Å². The molecule has 1 rings (SSSR count). The molecule has 0 aromatic heterocycles. The second-order valence-corrected chi connectivity index (χ2v) is 3.22. The molecule has 1 aromatic carbocycles. The Balaban J connectivity index is 2.78. The molecule has 0 heterocycles. The number of aliphatic hydroxyl groups is 1. The number of halogens is 1. The van der Waals surface area contributed by atoms with Crippen molar-refractivity contribution in [3.8, 4) is 0 Å².